The van der Waals surface area contributed by atoms with Gasteiger partial charge < -0.3 is 19.5 Å². The average molecular weight is 426 g/mol. The number of sulfonamides is 1. The maximum Gasteiger partial charge on any atom is 0.255 e. The van der Waals surface area contributed by atoms with Crippen molar-refractivity contribution < 1.29 is 31.8 Å². The van der Waals surface area contributed by atoms with Gasteiger partial charge in [-0.1, -0.05) is 0 Å². The van der Waals surface area contributed by atoms with Crippen LogP contribution in [0.25, 0.3) is 0 Å². The zero-order chi connectivity index (χ0) is 21.3. The molecule has 0 saturated carbocycles. The van der Waals surface area contributed by atoms with E-state index in [-0.39, 0.29) is 41.7 Å². The highest BCUT2D eigenvalue weighted by molar-refractivity contribution is 7.89. The zero-order valence-electron chi connectivity index (χ0n) is 16.1. The second-order valence-electron chi connectivity index (χ2n) is 5.86. The number of halogens is 1. The number of ether oxygens (including phenoxy) is 3. The number of anilines is 1. The van der Waals surface area contributed by atoms with E-state index in [4.69, 9.17) is 14.2 Å². The predicted octanol–water partition coefficient (Wildman–Crippen LogP) is 2.03. The van der Waals surface area contributed by atoms with Crippen molar-refractivity contribution in [2.24, 2.45) is 0 Å². The monoisotopic (exact) mass is 426 g/mol. The van der Waals surface area contributed by atoms with Crippen molar-refractivity contribution in [3.63, 3.8) is 0 Å². The molecule has 2 rings (SSSR count). The van der Waals surface area contributed by atoms with E-state index in [1.54, 1.807) is 0 Å². The van der Waals surface area contributed by atoms with E-state index >= 15 is 0 Å². The number of hydrogen-bond donors (Lipinski definition) is 2. The van der Waals surface area contributed by atoms with Gasteiger partial charge in [-0.3, -0.25) is 4.79 Å². The van der Waals surface area contributed by atoms with E-state index in [2.05, 4.69) is 10.0 Å². The van der Waals surface area contributed by atoms with E-state index in [1.165, 1.54) is 50.6 Å². The molecule has 0 bridgehead atoms. The van der Waals surface area contributed by atoms with E-state index in [1.807, 2.05) is 0 Å². The molecule has 0 aliphatic rings. The van der Waals surface area contributed by atoms with Crippen molar-refractivity contribution in [3.05, 3.63) is 53.8 Å². The highest BCUT2D eigenvalue weighted by Crippen LogP contribution is 2.22. The Morgan fingerprint density at radius 1 is 1.00 bits per heavy atom. The van der Waals surface area contributed by atoms with Gasteiger partial charge in [0.1, 0.15) is 6.61 Å². The number of methoxy groups -OCH3 is 2. The molecule has 0 saturated heterocycles. The molecule has 158 valence electrons. The van der Waals surface area contributed by atoms with Gasteiger partial charge in [-0.25, -0.2) is 17.5 Å². The summed E-state index contributed by atoms with van der Waals surface area (Å²) >= 11 is 0. The summed E-state index contributed by atoms with van der Waals surface area (Å²) in [6, 6.07) is 9.43. The third-order valence-corrected chi connectivity index (χ3v) is 5.24. The summed E-state index contributed by atoms with van der Waals surface area (Å²) in [6.07, 6.45) is 0. The fourth-order valence-electron chi connectivity index (χ4n) is 2.28. The van der Waals surface area contributed by atoms with Crippen molar-refractivity contribution in [3.8, 4) is 5.75 Å². The van der Waals surface area contributed by atoms with E-state index < -0.39 is 21.7 Å². The second-order valence-corrected chi connectivity index (χ2v) is 7.62. The molecular formula is C19H23FN2O6S. The molecule has 1 amide bonds. The lowest BCUT2D eigenvalue weighted by Crippen LogP contribution is -2.27. The van der Waals surface area contributed by atoms with Gasteiger partial charge >= 0.3 is 0 Å². The topological polar surface area (TPSA) is 103 Å². The molecule has 0 atom stereocenters. The molecule has 8 nitrogen and oxygen atoms in total. The van der Waals surface area contributed by atoms with Crippen molar-refractivity contribution in [1.29, 1.82) is 0 Å². The minimum atomic E-state index is -3.69. The molecule has 2 aromatic rings. The molecule has 2 N–H and O–H groups in total. The Kier molecular flexibility index (Phi) is 8.52. The number of carbonyl (C=O) groups excluding carboxylic acids is 1. The van der Waals surface area contributed by atoms with Crippen molar-refractivity contribution in [1.82, 2.24) is 4.72 Å². The highest BCUT2D eigenvalue weighted by Gasteiger charge is 2.15. The van der Waals surface area contributed by atoms with Crippen LogP contribution in [0.15, 0.2) is 47.4 Å². The number of hydrogen-bond acceptors (Lipinski definition) is 6. The Morgan fingerprint density at radius 3 is 2.31 bits per heavy atom. The van der Waals surface area contributed by atoms with Crippen LogP contribution in [0.3, 0.4) is 0 Å². The number of amides is 1. The quantitative estimate of drug-likeness (QED) is 0.533. The van der Waals surface area contributed by atoms with E-state index in [0.717, 1.165) is 6.07 Å². The van der Waals surface area contributed by atoms with Crippen LogP contribution in [0.2, 0.25) is 0 Å². The predicted molar refractivity (Wildman–Crippen MR) is 105 cm³/mol. The van der Waals surface area contributed by atoms with Gasteiger partial charge in [0.15, 0.2) is 11.6 Å². The maximum atomic E-state index is 14.0. The number of nitrogens with one attached hydrogen (secondary N) is 2. The lowest BCUT2D eigenvalue weighted by atomic mass is 10.2. The molecule has 0 unspecified atom stereocenters. The minimum absolute atomic E-state index is 0.0220. The summed E-state index contributed by atoms with van der Waals surface area (Å²) in [7, 11) is -0.708. The number of rotatable bonds is 11. The van der Waals surface area contributed by atoms with Gasteiger partial charge in [-0.2, -0.15) is 0 Å². The maximum absolute atomic E-state index is 14.0. The first-order valence-corrected chi connectivity index (χ1v) is 10.2. The number of benzene rings is 2. The SMILES string of the molecule is COCCNS(=O)(=O)c1ccc(C(=O)Nc2ccc(OCCOC)c(F)c2)cc1. The third kappa shape index (κ3) is 6.79. The first kappa shape index (κ1) is 22.8. The highest BCUT2D eigenvalue weighted by atomic mass is 32.2. The molecule has 29 heavy (non-hydrogen) atoms. The second kappa shape index (κ2) is 10.9. The third-order valence-electron chi connectivity index (χ3n) is 3.76. The molecule has 0 spiro atoms. The summed E-state index contributed by atoms with van der Waals surface area (Å²) in [5, 5.41) is 2.55. The summed E-state index contributed by atoms with van der Waals surface area (Å²) in [4.78, 5) is 12.4. The van der Waals surface area contributed by atoms with Crippen LogP contribution in [0.5, 0.6) is 5.75 Å². The fraction of sp³-hybridized carbons (Fsp3) is 0.316. The summed E-state index contributed by atoms with van der Waals surface area (Å²) < 4.78 is 55.5. The Balaban J connectivity index is 2.01. The van der Waals surface area contributed by atoms with Crippen molar-refractivity contribution >= 4 is 21.6 Å². The van der Waals surface area contributed by atoms with Gasteiger partial charge in [-0.15, -0.1) is 0 Å². The Morgan fingerprint density at radius 2 is 1.69 bits per heavy atom. The van der Waals surface area contributed by atoms with E-state index in [9.17, 15) is 17.6 Å². The largest absolute Gasteiger partial charge is 0.488 e. The molecule has 0 aromatic heterocycles. The lowest BCUT2D eigenvalue weighted by molar-refractivity contribution is 0.102. The van der Waals surface area contributed by atoms with Gasteiger partial charge in [0.05, 0.1) is 18.1 Å². The molecular weight excluding hydrogens is 403 g/mol. The molecule has 0 aliphatic carbocycles. The lowest BCUT2D eigenvalue weighted by Gasteiger charge is -2.10. The molecule has 2 aromatic carbocycles. The molecule has 0 fully saturated rings. The molecule has 0 aliphatic heterocycles. The molecule has 0 heterocycles. The van der Waals surface area contributed by atoms with Crippen molar-refractivity contribution in [2.75, 3.05) is 45.9 Å². The Bertz CT molecular complexity index is 919. The first-order valence-electron chi connectivity index (χ1n) is 8.68. The smallest absolute Gasteiger partial charge is 0.255 e. The van der Waals surface area contributed by atoms with Crippen LogP contribution in [0.1, 0.15) is 10.4 Å². The Labute approximate surface area is 169 Å². The zero-order valence-corrected chi connectivity index (χ0v) is 16.9. The van der Waals surface area contributed by atoms with Crippen molar-refractivity contribution in [2.45, 2.75) is 4.90 Å². The normalized spacial score (nSPS) is 11.3. The van der Waals surface area contributed by atoms with Crippen LogP contribution in [0, 0.1) is 5.82 Å². The van der Waals surface area contributed by atoms with Crippen LogP contribution < -0.4 is 14.8 Å². The standard InChI is InChI=1S/C19H23FN2O6S/c1-26-10-9-21-29(24,25)16-6-3-14(4-7-16)19(23)22-15-5-8-18(17(20)13-15)28-12-11-27-2/h3-8,13,21H,9-12H2,1-2H3,(H,22,23). The Hall–Kier alpha value is -2.53. The number of carbonyl (C=O) groups is 1. The minimum Gasteiger partial charge on any atom is -0.488 e. The summed E-state index contributed by atoms with van der Waals surface area (Å²) in [6.45, 7) is 0.907. The summed E-state index contributed by atoms with van der Waals surface area (Å²) in [5.41, 5.74) is 0.464. The van der Waals surface area contributed by atoms with Gasteiger partial charge in [0.2, 0.25) is 10.0 Å². The molecule has 0 radical (unpaired) electrons. The van der Waals surface area contributed by atoms with Gasteiger partial charge in [0, 0.05) is 38.1 Å². The first-order chi connectivity index (χ1) is 13.9. The summed E-state index contributed by atoms with van der Waals surface area (Å²) in [5.74, 6) is -1.08. The average Bonchev–Trinajstić information content (AvgIpc) is 2.70. The van der Waals surface area contributed by atoms with Crippen LogP contribution >= 0.6 is 0 Å². The molecule has 10 heteroatoms. The van der Waals surface area contributed by atoms with Crippen LogP contribution in [-0.2, 0) is 19.5 Å². The van der Waals surface area contributed by atoms with Crippen LogP contribution in [0.4, 0.5) is 10.1 Å². The van der Waals surface area contributed by atoms with Crippen LogP contribution in [-0.4, -0.2) is 54.9 Å². The fourth-order valence-corrected chi connectivity index (χ4v) is 3.29. The van der Waals surface area contributed by atoms with Gasteiger partial charge in [-0.05, 0) is 36.4 Å². The van der Waals surface area contributed by atoms with E-state index in [0.29, 0.717) is 6.61 Å². The van der Waals surface area contributed by atoms with Gasteiger partial charge in [0.25, 0.3) is 5.91 Å².